The summed E-state index contributed by atoms with van der Waals surface area (Å²) in [5.41, 5.74) is 2.22. The summed E-state index contributed by atoms with van der Waals surface area (Å²) >= 11 is 0. The highest BCUT2D eigenvalue weighted by Crippen LogP contribution is 2.17. The van der Waals surface area contributed by atoms with Crippen LogP contribution < -0.4 is 5.32 Å². The number of allylic oxidation sites excluding steroid dienone is 1. The number of para-hydroxylation sites is 2. The predicted octanol–water partition coefficient (Wildman–Crippen LogP) is 3.46. The van der Waals surface area contributed by atoms with Crippen LogP contribution in [0.5, 0.6) is 0 Å². The Kier molecular flexibility index (Phi) is 6.19. The Morgan fingerprint density at radius 1 is 1.32 bits per heavy atom. The van der Waals surface area contributed by atoms with Gasteiger partial charge in [0, 0.05) is 19.5 Å². The standard InChI is InChI=1S/C18H25N3O/c1-3-5-8-14-21-16-11-7-6-10-15(16)20-17(21)12-13-19-18(22)9-4-2/h4,6-7,9-11H,3,5,8,12-14H2,1-2H3,(H,19,22)/b9-4+. The molecule has 0 bridgehead atoms. The lowest BCUT2D eigenvalue weighted by Gasteiger charge is -2.09. The topological polar surface area (TPSA) is 46.9 Å². The van der Waals surface area contributed by atoms with E-state index in [1.54, 1.807) is 12.2 Å². The highest BCUT2D eigenvalue weighted by molar-refractivity contribution is 5.87. The summed E-state index contributed by atoms with van der Waals surface area (Å²) in [5.74, 6) is 1.01. The van der Waals surface area contributed by atoms with E-state index in [0.29, 0.717) is 6.54 Å². The summed E-state index contributed by atoms with van der Waals surface area (Å²) in [6.45, 7) is 5.66. The fraction of sp³-hybridized carbons (Fsp3) is 0.444. The molecule has 0 aliphatic carbocycles. The van der Waals surface area contributed by atoms with Gasteiger partial charge < -0.3 is 9.88 Å². The first-order valence-corrected chi connectivity index (χ1v) is 8.11. The highest BCUT2D eigenvalue weighted by Gasteiger charge is 2.10. The Balaban J connectivity index is 2.09. The van der Waals surface area contributed by atoms with E-state index in [1.165, 1.54) is 18.4 Å². The van der Waals surface area contributed by atoms with Crippen molar-refractivity contribution in [1.82, 2.24) is 14.9 Å². The van der Waals surface area contributed by atoms with E-state index in [4.69, 9.17) is 4.98 Å². The number of carbonyl (C=O) groups excluding carboxylic acids is 1. The van der Waals surface area contributed by atoms with E-state index >= 15 is 0 Å². The molecule has 4 heteroatoms. The van der Waals surface area contributed by atoms with Crippen LogP contribution >= 0.6 is 0 Å². The van der Waals surface area contributed by atoms with Crippen LogP contribution in [0.15, 0.2) is 36.4 Å². The summed E-state index contributed by atoms with van der Waals surface area (Å²) in [5, 5.41) is 2.89. The molecule has 0 saturated carbocycles. The first-order chi connectivity index (χ1) is 10.8. The van der Waals surface area contributed by atoms with Gasteiger partial charge in [0.15, 0.2) is 0 Å². The molecule has 0 radical (unpaired) electrons. The number of unbranched alkanes of at least 4 members (excludes halogenated alkanes) is 2. The maximum absolute atomic E-state index is 11.5. The van der Waals surface area contributed by atoms with E-state index in [2.05, 4.69) is 28.9 Å². The lowest BCUT2D eigenvalue weighted by atomic mass is 10.2. The number of benzene rings is 1. The summed E-state index contributed by atoms with van der Waals surface area (Å²) in [6.07, 6.45) is 7.64. The number of hydrogen-bond acceptors (Lipinski definition) is 2. The van der Waals surface area contributed by atoms with E-state index in [0.717, 1.165) is 30.7 Å². The third-order valence-electron chi connectivity index (χ3n) is 3.68. The first kappa shape index (κ1) is 16.3. The number of nitrogens with one attached hydrogen (secondary N) is 1. The van der Waals surface area contributed by atoms with Crippen molar-refractivity contribution in [3.8, 4) is 0 Å². The van der Waals surface area contributed by atoms with E-state index in [1.807, 2.05) is 19.1 Å². The lowest BCUT2D eigenvalue weighted by molar-refractivity contribution is -0.116. The molecule has 2 rings (SSSR count). The second kappa shape index (κ2) is 8.37. The molecule has 22 heavy (non-hydrogen) atoms. The molecule has 0 aliphatic rings. The monoisotopic (exact) mass is 299 g/mol. The third kappa shape index (κ3) is 4.20. The number of hydrogen-bond donors (Lipinski definition) is 1. The Bertz CT molecular complexity index is 643. The largest absolute Gasteiger partial charge is 0.352 e. The van der Waals surface area contributed by atoms with Gasteiger partial charge in [-0.3, -0.25) is 4.79 Å². The smallest absolute Gasteiger partial charge is 0.243 e. The molecular formula is C18H25N3O. The lowest BCUT2D eigenvalue weighted by Crippen LogP contribution is -2.24. The zero-order valence-electron chi connectivity index (χ0n) is 13.5. The number of amides is 1. The van der Waals surface area contributed by atoms with Crippen LogP contribution in [0, 0.1) is 0 Å². The van der Waals surface area contributed by atoms with Gasteiger partial charge in [-0.1, -0.05) is 38.0 Å². The summed E-state index contributed by atoms with van der Waals surface area (Å²) in [7, 11) is 0. The van der Waals surface area contributed by atoms with Gasteiger partial charge in [-0.2, -0.15) is 0 Å². The zero-order chi connectivity index (χ0) is 15.8. The molecule has 1 aromatic heterocycles. The molecule has 118 valence electrons. The normalized spacial score (nSPS) is 11.4. The SMILES string of the molecule is C/C=C/C(=O)NCCc1nc2ccccc2n1CCCCC. The van der Waals surface area contributed by atoms with E-state index in [9.17, 15) is 4.79 Å². The van der Waals surface area contributed by atoms with Crippen molar-refractivity contribution in [2.24, 2.45) is 0 Å². The summed E-state index contributed by atoms with van der Waals surface area (Å²) < 4.78 is 2.30. The molecule has 0 fully saturated rings. The minimum Gasteiger partial charge on any atom is -0.352 e. The number of imidazole rings is 1. The number of aryl methyl sites for hydroxylation is 1. The van der Waals surface area contributed by atoms with Gasteiger partial charge in [0.05, 0.1) is 11.0 Å². The average molecular weight is 299 g/mol. The molecule has 0 saturated heterocycles. The van der Waals surface area contributed by atoms with Crippen molar-refractivity contribution < 1.29 is 4.79 Å². The van der Waals surface area contributed by atoms with Crippen molar-refractivity contribution in [3.05, 3.63) is 42.2 Å². The van der Waals surface area contributed by atoms with E-state index < -0.39 is 0 Å². The number of nitrogens with zero attached hydrogens (tertiary/aromatic N) is 2. The highest BCUT2D eigenvalue weighted by atomic mass is 16.1. The van der Waals surface area contributed by atoms with Crippen LogP contribution in [0.1, 0.15) is 38.9 Å². The van der Waals surface area contributed by atoms with E-state index in [-0.39, 0.29) is 5.91 Å². The maximum Gasteiger partial charge on any atom is 0.243 e. The van der Waals surface area contributed by atoms with Crippen LogP contribution in [0.25, 0.3) is 11.0 Å². The van der Waals surface area contributed by atoms with Crippen LogP contribution in [0.4, 0.5) is 0 Å². The van der Waals surface area contributed by atoms with Crippen LogP contribution in [-0.2, 0) is 17.8 Å². The first-order valence-electron chi connectivity index (χ1n) is 8.11. The number of aromatic nitrogens is 2. The van der Waals surface area contributed by atoms with Crippen LogP contribution in [0.3, 0.4) is 0 Å². The molecule has 1 heterocycles. The second-order valence-electron chi connectivity index (χ2n) is 5.42. The fourth-order valence-corrected chi connectivity index (χ4v) is 2.59. The average Bonchev–Trinajstić information content (AvgIpc) is 2.86. The molecule has 1 aromatic carbocycles. The van der Waals surface area contributed by atoms with Gasteiger partial charge in [-0.15, -0.1) is 0 Å². The molecular weight excluding hydrogens is 274 g/mol. The van der Waals surface area contributed by atoms with Crippen LogP contribution in [0.2, 0.25) is 0 Å². The van der Waals surface area contributed by atoms with Crippen molar-refractivity contribution in [1.29, 1.82) is 0 Å². The minimum absolute atomic E-state index is 0.0452. The molecule has 0 spiro atoms. The van der Waals surface area contributed by atoms with Gasteiger partial charge in [0.25, 0.3) is 0 Å². The zero-order valence-corrected chi connectivity index (χ0v) is 13.5. The Hall–Kier alpha value is -2.10. The van der Waals surface area contributed by atoms with Crippen molar-refractivity contribution in [3.63, 3.8) is 0 Å². The van der Waals surface area contributed by atoms with Gasteiger partial charge in [-0.25, -0.2) is 4.98 Å². The molecule has 4 nitrogen and oxygen atoms in total. The Morgan fingerprint density at radius 3 is 2.91 bits per heavy atom. The van der Waals surface area contributed by atoms with Gasteiger partial charge in [0.2, 0.25) is 5.91 Å². The predicted molar refractivity (Wildman–Crippen MR) is 90.8 cm³/mol. The molecule has 0 aliphatic heterocycles. The van der Waals surface area contributed by atoms with Crippen molar-refractivity contribution >= 4 is 16.9 Å². The summed E-state index contributed by atoms with van der Waals surface area (Å²) in [4.78, 5) is 16.2. The van der Waals surface area contributed by atoms with Gasteiger partial charge in [-0.05, 0) is 31.6 Å². The number of fused-ring (bicyclic) bond motifs is 1. The van der Waals surface area contributed by atoms with Gasteiger partial charge >= 0.3 is 0 Å². The quantitative estimate of drug-likeness (QED) is 0.599. The fourth-order valence-electron chi connectivity index (χ4n) is 2.59. The van der Waals surface area contributed by atoms with Crippen molar-refractivity contribution in [2.75, 3.05) is 6.54 Å². The molecule has 0 atom stereocenters. The van der Waals surface area contributed by atoms with Gasteiger partial charge in [0.1, 0.15) is 5.82 Å². The second-order valence-corrected chi connectivity index (χ2v) is 5.42. The minimum atomic E-state index is -0.0452. The Morgan fingerprint density at radius 2 is 2.14 bits per heavy atom. The number of carbonyl (C=O) groups is 1. The maximum atomic E-state index is 11.5. The molecule has 1 N–H and O–H groups in total. The number of rotatable bonds is 8. The Labute approximate surface area is 132 Å². The molecule has 0 unspecified atom stereocenters. The van der Waals surface area contributed by atoms with Crippen molar-refractivity contribution in [2.45, 2.75) is 46.1 Å². The summed E-state index contributed by atoms with van der Waals surface area (Å²) in [6, 6.07) is 8.24. The molecule has 1 amide bonds. The van der Waals surface area contributed by atoms with Crippen LogP contribution in [-0.4, -0.2) is 22.0 Å². The third-order valence-corrected chi connectivity index (χ3v) is 3.68. The molecule has 2 aromatic rings.